The van der Waals surface area contributed by atoms with Crippen LogP contribution in [0.1, 0.15) is 15.9 Å². The lowest BCUT2D eigenvalue weighted by molar-refractivity contribution is 0.102. The van der Waals surface area contributed by atoms with Crippen LogP contribution in [0.2, 0.25) is 0 Å². The van der Waals surface area contributed by atoms with E-state index in [-0.39, 0.29) is 11.9 Å². The lowest BCUT2D eigenvalue weighted by Gasteiger charge is -2.07. The van der Waals surface area contributed by atoms with E-state index in [2.05, 4.69) is 25.9 Å². The van der Waals surface area contributed by atoms with Gasteiger partial charge in [-0.05, 0) is 35.0 Å². The van der Waals surface area contributed by atoms with Gasteiger partial charge in [0.1, 0.15) is 12.4 Å². The molecule has 1 aromatic heterocycles. The summed E-state index contributed by atoms with van der Waals surface area (Å²) in [6.07, 6.45) is 0. The first-order chi connectivity index (χ1) is 10.8. The third-order valence-electron chi connectivity index (χ3n) is 2.94. The number of ether oxygens (including phenoxy) is 1. The summed E-state index contributed by atoms with van der Waals surface area (Å²) in [6.45, 7) is 0.481. The van der Waals surface area contributed by atoms with Crippen LogP contribution in [0.15, 0.2) is 54.6 Å². The second-order valence-electron chi connectivity index (χ2n) is 4.49. The third kappa shape index (κ3) is 3.45. The lowest BCUT2D eigenvalue weighted by atomic mass is 10.2. The number of tetrazole rings is 1. The Balaban J connectivity index is 1.59. The largest absolute Gasteiger partial charge is 0.489 e. The van der Waals surface area contributed by atoms with Gasteiger partial charge in [-0.25, -0.2) is 0 Å². The maximum atomic E-state index is 11.9. The predicted molar refractivity (Wildman–Crippen MR) is 79.3 cm³/mol. The van der Waals surface area contributed by atoms with Crippen LogP contribution in [-0.2, 0) is 6.61 Å². The van der Waals surface area contributed by atoms with Gasteiger partial charge >= 0.3 is 0 Å². The number of hydrogen-bond acceptors (Lipinski definition) is 5. The monoisotopic (exact) mass is 295 g/mol. The summed E-state index contributed by atoms with van der Waals surface area (Å²) in [5.41, 5.74) is 1.57. The zero-order valence-corrected chi connectivity index (χ0v) is 11.6. The van der Waals surface area contributed by atoms with Gasteiger partial charge in [-0.1, -0.05) is 35.4 Å². The summed E-state index contributed by atoms with van der Waals surface area (Å²) in [5.74, 6) is 0.519. The average Bonchev–Trinajstić information content (AvgIpc) is 3.07. The number of amides is 1. The average molecular weight is 295 g/mol. The van der Waals surface area contributed by atoms with Crippen molar-refractivity contribution in [1.82, 2.24) is 20.6 Å². The Morgan fingerprint density at radius 1 is 1.09 bits per heavy atom. The fourth-order valence-corrected chi connectivity index (χ4v) is 1.83. The van der Waals surface area contributed by atoms with E-state index in [9.17, 15) is 4.79 Å². The molecule has 0 aliphatic carbocycles. The molecule has 0 atom stereocenters. The number of carbonyl (C=O) groups excluding carboxylic acids is 1. The minimum Gasteiger partial charge on any atom is -0.489 e. The maximum Gasteiger partial charge on any atom is 0.270 e. The van der Waals surface area contributed by atoms with Crippen LogP contribution >= 0.6 is 0 Å². The van der Waals surface area contributed by atoms with Crippen LogP contribution < -0.4 is 10.1 Å². The van der Waals surface area contributed by atoms with Crippen molar-refractivity contribution in [2.45, 2.75) is 6.61 Å². The lowest BCUT2D eigenvalue weighted by Crippen LogP contribution is -2.12. The van der Waals surface area contributed by atoms with Crippen LogP contribution in [-0.4, -0.2) is 26.5 Å². The Hall–Kier alpha value is -3.22. The van der Waals surface area contributed by atoms with Crippen molar-refractivity contribution >= 4 is 11.9 Å². The molecule has 22 heavy (non-hydrogen) atoms. The van der Waals surface area contributed by atoms with E-state index in [0.29, 0.717) is 17.9 Å². The molecule has 7 nitrogen and oxygen atoms in total. The maximum absolute atomic E-state index is 11.9. The number of anilines is 1. The van der Waals surface area contributed by atoms with Crippen molar-refractivity contribution in [1.29, 1.82) is 0 Å². The van der Waals surface area contributed by atoms with Crippen molar-refractivity contribution in [2.75, 3.05) is 5.32 Å². The Labute approximate surface area is 126 Å². The molecule has 0 saturated carbocycles. The van der Waals surface area contributed by atoms with E-state index in [1.807, 2.05) is 30.3 Å². The normalized spacial score (nSPS) is 10.2. The Morgan fingerprint density at radius 2 is 1.86 bits per heavy atom. The van der Waals surface area contributed by atoms with Gasteiger partial charge in [0.05, 0.1) is 0 Å². The minimum atomic E-state index is -0.309. The topological polar surface area (TPSA) is 92.8 Å². The molecule has 0 bridgehead atoms. The highest BCUT2D eigenvalue weighted by molar-refractivity contribution is 6.03. The molecule has 1 amide bonds. The number of nitrogens with zero attached hydrogens (tertiary/aromatic N) is 3. The molecule has 0 aliphatic rings. The molecule has 2 aromatic carbocycles. The number of hydrogen-bond donors (Lipinski definition) is 2. The van der Waals surface area contributed by atoms with Gasteiger partial charge in [0.25, 0.3) is 11.9 Å². The Kier molecular flexibility index (Phi) is 4.05. The van der Waals surface area contributed by atoms with E-state index in [1.165, 1.54) is 0 Å². The van der Waals surface area contributed by atoms with Gasteiger partial charge in [0, 0.05) is 5.56 Å². The van der Waals surface area contributed by atoms with E-state index in [0.717, 1.165) is 5.56 Å². The third-order valence-corrected chi connectivity index (χ3v) is 2.94. The number of aromatic nitrogens is 4. The first-order valence-corrected chi connectivity index (χ1v) is 6.63. The molecule has 0 saturated heterocycles. The second kappa shape index (κ2) is 6.49. The van der Waals surface area contributed by atoms with Crippen molar-refractivity contribution < 1.29 is 9.53 Å². The molecule has 0 radical (unpaired) electrons. The molecule has 3 aromatic rings. The Morgan fingerprint density at radius 3 is 2.55 bits per heavy atom. The molecule has 0 spiro atoms. The highest BCUT2D eigenvalue weighted by atomic mass is 16.5. The molecule has 0 aliphatic heterocycles. The van der Waals surface area contributed by atoms with Gasteiger partial charge < -0.3 is 4.74 Å². The van der Waals surface area contributed by atoms with Gasteiger partial charge in [-0.3, -0.25) is 10.1 Å². The van der Waals surface area contributed by atoms with Crippen LogP contribution in [0.4, 0.5) is 5.95 Å². The molecule has 1 heterocycles. The van der Waals surface area contributed by atoms with E-state index in [4.69, 9.17) is 4.74 Å². The van der Waals surface area contributed by atoms with Crippen LogP contribution in [0.25, 0.3) is 0 Å². The molecule has 110 valence electrons. The van der Waals surface area contributed by atoms with Crippen LogP contribution in [0.3, 0.4) is 0 Å². The zero-order valence-electron chi connectivity index (χ0n) is 11.6. The molecule has 0 fully saturated rings. The van der Waals surface area contributed by atoms with Crippen molar-refractivity contribution in [3.8, 4) is 5.75 Å². The summed E-state index contributed by atoms with van der Waals surface area (Å²) >= 11 is 0. The molecule has 0 unspecified atom stereocenters. The number of benzene rings is 2. The van der Waals surface area contributed by atoms with Crippen LogP contribution in [0.5, 0.6) is 5.75 Å². The Bertz CT molecular complexity index is 726. The van der Waals surface area contributed by atoms with Crippen molar-refractivity contribution in [2.24, 2.45) is 0 Å². The fraction of sp³-hybridized carbons (Fsp3) is 0.0667. The van der Waals surface area contributed by atoms with Gasteiger partial charge in [-0.2, -0.15) is 5.21 Å². The van der Waals surface area contributed by atoms with Crippen molar-refractivity contribution in [3.05, 3.63) is 65.7 Å². The van der Waals surface area contributed by atoms with Crippen LogP contribution in [0, 0.1) is 0 Å². The summed E-state index contributed by atoms with van der Waals surface area (Å²) in [6, 6.07) is 16.7. The van der Waals surface area contributed by atoms with E-state index in [1.54, 1.807) is 24.3 Å². The molecular formula is C15H13N5O2. The number of nitrogens with one attached hydrogen (secondary N) is 2. The minimum absolute atomic E-state index is 0.134. The van der Waals surface area contributed by atoms with Gasteiger partial charge in [-0.15, -0.1) is 5.10 Å². The standard InChI is InChI=1S/C15H13N5O2/c21-14(16-15-17-19-20-18-15)12-6-8-13(9-7-12)22-10-11-4-2-1-3-5-11/h1-9H,10H2,(H2,16,17,18,19,20,21). The molecule has 3 rings (SSSR count). The SMILES string of the molecule is O=C(Nc1nn[nH]n1)c1ccc(OCc2ccccc2)cc1. The summed E-state index contributed by atoms with van der Waals surface area (Å²) in [4.78, 5) is 11.9. The van der Waals surface area contributed by atoms with Crippen molar-refractivity contribution in [3.63, 3.8) is 0 Å². The summed E-state index contributed by atoms with van der Waals surface area (Å²) < 4.78 is 5.66. The molecule has 2 N–H and O–H groups in total. The highest BCUT2D eigenvalue weighted by Gasteiger charge is 2.08. The smallest absolute Gasteiger partial charge is 0.270 e. The quantitative estimate of drug-likeness (QED) is 0.751. The first-order valence-electron chi connectivity index (χ1n) is 6.63. The van der Waals surface area contributed by atoms with E-state index < -0.39 is 0 Å². The highest BCUT2D eigenvalue weighted by Crippen LogP contribution is 2.14. The summed E-state index contributed by atoms with van der Waals surface area (Å²) in [7, 11) is 0. The number of H-pyrrole nitrogens is 1. The van der Waals surface area contributed by atoms with E-state index >= 15 is 0 Å². The molecule has 7 heteroatoms. The predicted octanol–water partition coefficient (Wildman–Crippen LogP) is 2.03. The first kappa shape index (κ1) is 13.7. The number of aromatic amines is 1. The number of carbonyl (C=O) groups is 1. The number of rotatable bonds is 5. The van der Waals surface area contributed by atoms with Gasteiger partial charge in [0.15, 0.2) is 0 Å². The molecular weight excluding hydrogens is 282 g/mol. The zero-order chi connectivity index (χ0) is 15.2. The van der Waals surface area contributed by atoms with Gasteiger partial charge in [0.2, 0.25) is 0 Å². The second-order valence-corrected chi connectivity index (χ2v) is 4.49. The fourth-order valence-electron chi connectivity index (χ4n) is 1.83. The summed E-state index contributed by atoms with van der Waals surface area (Å²) in [5, 5.41) is 15.5.